The summed E-state index contributed by atoms with van der Waals surface area (Å²) < 4.78 is 48.0. The molecule has 0 radical (unpaired) electrons. The number of hydrogen-bond donors (Lipinski definition) is 1. The first-order valence-corrected chi connectivity index (χ1v) is 4.30. The third-order valence-corrected chi connectivity index (χ3v) is 1.80. The van der Waals surface area contributed by atoms with Gasteiger partial charge >= 0.3 is 6.18 Å². The summed E-state index contributed by atoms with van der Waals surface area (Å²) in [5.74, 6) is -0.512. The molecule has 1 atom stereocenters. The summed E-state index contributed by atoms with van der Waals surface area (Å²) in [5.41, 5.74) is 0.376. The lowest BCUT2D eigenvalue weighted by Crippen LogP contribution is -2.31. The normalized spacial score (nSPS) is 13.9. The van der Waals surface area contributed by atoms with E-state index in [9.17, 15) is 17.6 Å². The van der Waals surface area contributed by atoms with E-state index in [1.54, 1.807) is 0 Å². The number of halogens is 4. The zero-order valence-corrected chi connectivity index (χ0v) is 7.98. The summed E-state index contributed by atoms with van der Waals surface area (Å²) in [6, 6.07) is 1.95. The van der Waals surface area contributed by atoms with Gasteiger partial charge in [-0.15, -0.1) is 0 Å². The van der Waals surface area contributed by atoms with Gasteiger partial charge in [-0.2, -0.15) is 13.2 Å². The summed E-state index contributed by atoms with van der Waals surface area (Å²) in [4.78, 5) is 3.67. The van der Waals surface area contributed by atoms with E-state index in [1.807, 2.05) is 0 Å². The number of nitrogens with zero attached hydrogens (tertiary/aromatic N) is 1. The molecule has 0 amide bonds. The zero-order chi connectivity index (χ0) is 11.5. The van der Waals surface area contributed by atoms with Crippen molar-refractivity contribution < 1.29 is 17.6 Å². The van der Waals surface area contributed by atoms with Crippen LogP contribution in [0, 0.1) is 5.82 Å². The molecular weight excluding hydrogens is 212 g/mol. The Bertz CT molecular complexity index is 307. The molecule has 0 aromatic carbocycles. The smallest absolute Gasteiger partial charge is 0.301 e. The Morgan fingerprint density at radius 1 is 1.40 bits per heavy atom. The van der Waals surface area contributed by atoms with Crippen LogP contribution in [0.2, 0.25) is 0 Å². The van der Waals surface area contributed by atoms with E-state index in [0.29, 0.717) is 5.69 Å². The van der Waals surface area contributed by atoms with E-state index >= 15 is 0 Å². The van der Waals surface area contributed by atoms with Crippen LogP contribution in [0.4, 0.5) is 17.6 Å². The van der Waals surface area contributed by atoms with Gasteiger partial charge in [0, 0.05) is 6.04 Å². The minimum atomic E-state index is -4.26. The molecule has 15 heavy (non-hydrogen) atoms. The molecule has 0 bridgehead atoms. The third-order valence-electron chi connectivity index (χ3n) is 1.80. The van der Waals surface area contributed by atoms with Crippen molar-refractivity contribution in [2.45, 2.75) is 19.1 Å². The number of aromatic nitrogens is 1. The van der Waals surface area contributed by atoms with Crippen molar-refractivity contribution in [1.29, 1.82) is 0 Å². The standard InChI is InChI=1S/C9H10F4N2/c1-6(15-5-9(11,12)13)8-3-2-7(10)4-14-8/h2-4,6,15H,5H2,1H3. The SMILES string of the molecule is CC(NCC(F)(F)F)c1ccc(F)cn1. The predicted molar refractivity (Wildman–Crippen MR) is 46.7 cm³/mol. The Morgan fingerprint density at radius 3 is 2.53 bits per heavy atom. The summed E-state index contributed by atoms with van der Waals surface area (Å²) in [6.45, 7) is 0.444. The molecule has 1 N–H and O–H groups in total. The van der Waals surface area contributed by atoms with Gasteiger partial charge in [0.25, 0.3) is 0 Å². The molecule has 1 rings (SSSR count). The van der Waals surface area contributed by atoms with Crippen molar-refractivity contribution in [2.75, 3.05) is 6.54 Å². The molecule has 1 aromatic heterocycles. The molecule has 0 aliphatic heterocycles. The summed E-state index contributed by atoms with van der Waals surface area (Å²) in [7, 11) is 0. The molecule has 0 aliphatic carbocycles. The average Bonchev–Trinajstić information content (AvgIpc) is 2.14. The van der Waals surface area contributed by atoms with Gasteiger partial charge in [0.1, 0.15) is 5.82 Å². The van der Waals surface area contributed by atoms with Crippen LogP contribution in [0.25, 0.3) is 0 Å². The molecule has 0 saturated heterocycles. The van der Waals surface area contributed by atoms with E-state index in [4.69, 9.17) is 0 Å². The van der Waals surface area contributed by atoms with Crippen molar-refractivity contribution >= 4 is 0 Å². The van der Waals surface area contributed by atoms with Gasteiger partial charge in [-0.3, -0.25) is 4.98 Å². The molecule has 84 valence electrons. The second-order valence-corrected chi connectivity index (χ2v) is 3.12. The molecule has 1 heterocycles. The average molecular weight is 222 g/mol. The topological polar surface area (TPSA) is 24.9 Å². The maximum Gasteiger partial charge on any atom is 0.401 e. The van der Waals surface area contributed by atoms with Crippen LogP contribution in [-0.2, 0) is 0 Å². The summed E-state index contributed by atoms with van der Waals surface area (Å²) in [6.07, 6.45) is -3.28. The molecule has 1 unspecified atom stereocenters. The Morgan fingerprint density at radius 2 is 2.07 bits per heavy atom. The highest BCUT2D eigenvalue weighted by molar-refractivity contribution is 5.08. The van der Waals surface area contributed by atoms with E-state index in [1.165, 1.54) is 13.0 Å². The Balaban J connectivity index is 2.54. The van der Waals surface area contributed by atoms with Crippen LogP contribution in [0.3, 0.4) is 0 Å². The van der Waals surface area contributed by atoms with Crippen molar-refractivity contribution in [1.82, 2.24) is 10.3 Å². The quantitative estimate of drug-likeness (QED) is 0.794. The second-order valence-electron chi connectivity index (χ2n) is 3.12. The van der Waals surface area contributed by atoms with Crippen LogP contribution in [0.5, 0.6) is 0 Å². The minimum absolute atomic E-state index is 0.376. The number of nitrogens with one attached hydrogen (secondary N) is 1. The maximum atomic E-state index is 12.5. The van der Waals surface area contributed by atoms with Gasteiger partial charge < -0.3 is 5.32 Å². The molecule has 0 aliphatic rings. The van der Waals surface area contributed by atoms with Gasteiger partial charge in [-0.25, -0.2) is 4.39 Å². The lowest BCUT2D eigenvalue weighted by Gasteiger charge is -2.14. The summed E-state index contributed by atoms with van der Waals surface area (Å²) >= 11 is 0. The van der Waals surface area contributed by atoms with Gasteiger partial charge in [-0.05, 0) is 19.1 Å². The lowest BCUT2D eigenvalue weighted by molar-refractivity contribution is -0.126. The Kier molecular flexibility index (Phi) is 3.62. The first-order chi connectivity index (χ1) is 6.88. The van der Waals surface area contributed by atoms with Gasteiger partial charge in [0.15, 0.2) is 0 Å². The largest absolute Gasteiger partial charge is 0.401 e. The molecule has 0 saturated carbocycles. The van der Waals surface area contributed by atoms with Crippen LogP contribution >= 0.6 is 0 Å². The molecule has 1 aromatic rings. The molecule has 2 nitrogen and oxygen atoms in total. The van der Waals surface area contributed by atoms with Crippen LogP contribution < -0.4 is 5.32 Å². The highest BCUT2D eigenvalue weighted by Crippen LogP contribution is 2.15. The van der Waals surface area contributed by atoms with Crippen molar-refractivity contribution in [3.8, 4) is 0 Å². The monoisotopic (exact) mass is 222 g/mol. The maximum absolute atomic E-state index is 12.5. The molecule has 6 heteroatoms. The highest BCUT2D eigenvalue weighted by atomic mass is 19.4. The van der Waals surface area contributed by atoms with E-state index in [-0.39, 0.29) is 0 Å². The van der Waals surface area contributed by atoms with Crippen LogP contribution in [0.15, 0.2) is 18.3 Å². The highest BCUT2D eigenvalue weighted by Gasteiger charge is 2.27. The lowest BCUT2D eigenvalue weighted by atomic mass is 10.2. The van der Waals surface area contributed by atoms with Gasteiger partial charge in [0.05, 0.1) is 18.4 Å². The summed E-state index contributed by atoms with van der Waals surface area (Å²) in [5, 5.41) is 2.25. The first kappa shape index (κ1) is 11.9. The van der Waals surface area contributed by atoms with Crippen molar-refractivity contribution in [3.63, 3.8) is 0 Å². The fraction of sp³-hybridized carbons (Fsp3) is 0.444. The third kappa shape index (κ3) is 4.24. The van der Waals surface area contributed by atoms with E-state index in [0.717, 1.165) is 12.3 Å². The Labute approximate surface area is 84.3 Å². The van der Waals surface area contributed by atoms with Gasteiger partial charge in [0.2, 0.25) is 0 Å². The van der Waals surface area contributed by atoms with Crippen molar-refractivity contribution in [2.24, 2.45) is 0 Å². The molecule has 0 fully saturated rings. The molecular formula is C9H10F4N2. The zero-order valence-electron chi connectivity index (χ0n) is 7.98. The van der Waals surface area contributed by atoms with E-state index < -0.39 is 24.6 Å². The number of pyridine rings is 1. The first-order valence-electron chi connectivity index (χ1n) is 4.30. The van der Waals surface area contributed by atoms with Gasteiger partial charge in [-0.1, -0.05) is 0 Å². The fourth-order valence-corrected chi connectivity index (χ4v) is 1.02. The van der Waals surface area contributed by atoms with E-state index in [2.05, 4.69) is 10.3 Å². The second kappa shape index (κ2) is 4.57. The van der Waals surface area contributed by atoms with Crippen LogP contribution in [-0.4, -0.2) is 17.7 Å². The predicted octanol–water partition coefficient (Wildman–Crippen LogP) is 2.43. The Hall–Kier alpha value is -1.17. The number of alkyl halides is 3. The molecule has 0 spiro atoms. The minimum Gasteiger partial charge on any atom is -0.301 e. The van der Waals surface area contributed by atoms with Crippen LogP contribution in [0.1, 0.15) is 18.7 Å². The van der Waals surface area contributed by atoms with Crippen molar-refractivity contribution in [3.05, 3.63) is 29.8 Å². The fourth-order valence-electron chi connectivity index (χ4n) is 1.02. The number of hydrogen-bond acceptors (Lipinski definition) is 2. The number of rotatable bonds is 3.